The number of aromatic nitrogens is 4. The van der Waals surface area contributed by atoms with Crippen LogP contribution in [0.2, 0.25) is 0 Å². The largest absolute Gasteiger partial charge is 0.493 e. The third kappa shape index (κ3) is 1.77. The summed E-state index contributed by atoms with van der Waals surface area (Å²) in [4.78, 5) is 0. The number of methoxy groups -OCH3 is 1. The Hall–Kier alpha value is -2.34. The summed E-state index contributed by atoms with van der Waals surface area (Å²) < 4.78 is 8.56. The number of hydrogen-bond donors (Lipinski definition) is 1. The quantitative estimate of drug-likeness (QED) is 0.765. The number of fused-ring (bicyclic) bond motifs is 1. The Morgan fingerprint density at radius 3 is 2.89 bits per heavy atom. The van der Waals surface area contributed by atoms with Crippen molar-refractivity contribution in [1.82, 2.24) is 19.4 Å². The van der Waals surface area contributed by atoms with E-state index in [0.29, 0.717) is 11.4 Å². The van der Waals surface area contributed by atoms with Gasteiger partial charge in [-0.15, -0.1) is 0 Å². The SMILES string of the molecule is COc1cnn(C)c1C(O)c1cnn2ccccc12. The lowest BCUT2D eigenvalue weighted by atomic mass is 10.1. The second-order valence-electron chi connectivity index (χ2n) is 4.25. The van der Waals surface area contributed by atoms with Gasteiger partial charge in [0.05, 0.1) is 25.0 Å². The van der Waals surface area contributed by atoms with Crippen LogP contribution in [0.15, 0.2) is 36.8 Å². The van der Waals surface area contributed by atoms with Gasteiger partial charge >= 0.3 is 0 Å². The Morgan fingerprint density at radius 1 is 1.26 bits per heavy atom. The van der Waals surface area contributed by atoms with Crippen LogP contribution in [-0.2, 0) is 7.05 Å². The Balaban J connectivity index is 2.13. The van der Waals surface area contributed by atoms with Crippen LogP contribution in [0.1, 0.15) is 17.4 Å². The van der Waals surface area contributed by atoms with E-state index in [9.17, 15) is 5.11 Å². The summed E-state index contributed by atoms with van der Waals surface area (Å²) >= 11 is 0. The molecule has 3 heterocycles. The van der Waals surface area contributed by atoms with Crippen molar-refractivity contribution in [3.63, 3.8) is 0 Å². The molecule has 0 aliphatic rings. The van der Waals surface area contributed by atoms with Gasteiger partial charge in [-0.1, -0.05) is 6.07 Å². The van der Waals surface area contributed by atoms with Crippen molar-refractivity contribution in [3.8, 4) is 5.75 Å². The number of nitrogens with zero attached hydrogens (tertiary/aromatic N) is 4. The fourth-order valence-electron chi connectivity index (χ4n) is 2.21. The first kappa shape index (κ1) is 11.7. The predicted molar refractivity (Wildman–Crippen MR) is 69.0 cm³/mol. The molecule has 6 heteroatoms. The van der Waals surface area contributed by atoms with Crippen molar-refractivity contribution in [3.05, 3.63) is 48.0 Å². The molecule has 6 nitrogen and oxygen atoms in total. The minimum atomic E-state index is -0.831. The maximum Gasteiger partial charge on any atom is 0.162 e. The van der Waals surface area contributed by atoms with Crippen LogP contribution in [0, 0.1) is 0 Å². The van der Waals surface area contributed by atoms with Gasteiger partial charge in [0.1, 0.15) is 11.8 Å². The molecule has 0 saturated heterocycles. The molecule has 0 aromatic carbocycles. The van der Waals surface area contributed by atoms with E-state index < -0.39 is 6.10 Å². The van der Waals surface area contributed by atoms with E-state index in [-0.39, 0.29) is 0 Å². The van der Waals surface area contributed by atoms with E-state index >= 15 is 0 Å². The molecule has 19 heavy (non-hydrogen) atoms. The first-order valence-electron chi connectivity index (χ1n) is 5.88. The van der Waals surface area contributed by atoms with Crippen molar-refractivity contribution in [1.29, 1.82) is 0 Å². The van der Waals surface area contributed by atoms with Crippen LogP contribution in [0.5, 0.6) is 5.75 Å². The molecule has 3 rings (SSSR count). The van der Waals surface area contributed by atoms with E-state index in [4.69, 9.17) is 4.74 Å². The number of aryl methyl sites for hydroxylation is 1. The third-order valence-corrected chi connectivity index (χ3v) is 3.18. The molecule has 0 aliphatic heterocycles. The lowest BCUT2D eigenvalue weighted by Gasteiger charge is -2.12. The zero-order valence-corrected chi connectivity index (χ0v) is 10.7. The lowest BCUT2D eigenvalue weighted by Crippen LogP contribution is -2.07. The molecule has 3 aromatic heterocycles. The molecule has 0 amide bonds. The summed E-state index contributed by atoms with van der Waals surface area (Å²) in [6.07, 6.45) is 4.25. The summed E-state index contributed by atoms with van der Waals surface area (Å²) in [7, 11) is 3.33. The van der Waals surface area contributed by atoms with Crippen LogP contribution in [0.4, 0.5) is 0 Å². The van der Waals surface area contributed by atoms with Gasteiger partial charge in [-0.05, 0) is 12.1 Å². The molecule has 0 saturated carbocycles. The highest BCUT2D eigenvalue weighted by Crippen LogP contribution is 2.31. The summed E-state index contributed by atoms with van der Waals surface area (Å²) in [6, 6.07) is 5.71. The maximum atomic E-state index is 10.6. The van der Waals surface area contributed by atoms with Crippen LogP contribution in [0.3, 0.4) is 0 Å². The minimum absolute atomic E-state index is 0.560. The third-order valence-electron chi connectivity index (χ3n) is 3.18. The summed E-state index contributed by atoms with van der Waals surface area (Å²) in [5.74, 6) is 0.560. The summed E-state index contributed by atoms with van der Waals surface area (Å²) in [5, 5.41) is 18.9. The molecule has 0 aliphatic carbocycles. The van der Waals surface area contributed by atoms with Crippen molar-refractivity contribution >= 4 is 5.52 Å². The van der Waals surface area contributed by atoms with Crippen molar-refractivity contribution in [2.24, 2.45) is 7.05 Å². The van der Waals surface area contributed by atoms with E-state index in [2.05, 4.69) is 10.2 Å². The highest BCUT2D eigenvalue weighted by Gasteiger charge is 2.23. The Labute approximate surface area is 109 Å². The lowest BCUT2D eigenvalue weighted by molar-refractivity contribution is 0.205. The molecule has 0 radical (unpaired) electrons. The predicted octanol–water partition coefficient (Wildman–Crippen LogP) is 1.16. The standard InChI is InChI=1S/C13H14N4O2/c1-16-12(11(19-2)8-14-16)13(18)9-7-15-17-6-4-3-5-10(9)17/h3-8,13,18H,1-2H3. The van der Waals surface area contributed by atoms with Gasteiger partial charge < -0.3 is 9.84 Å². The van der Waals surface area contributed by atoms with Crippen molar-refractivity contribution < 1.29 is 9.84 Å². The van der Waals surface area contributed by atoms with Gasteiger partial charge in [0, 0.05) is 18.8 Å². The van der Waals surface area contributed by atoms with Gasteiger partial charge in [0.2, 0.25) is 0 Å². The zero-order chi connectivity index (χ0) is 13.4. The first-order valence-corrected chi connectivity index (χ1v) is 5.88. The van der Waals surface area contributed by atoms with E-state index in [0.717, 1.165) is 11.1 Å². The number of hydrogen-bond acceptors (Lipinski definition) is 4. The summed E-state index contributed by atoms with van der Waals surface area (Å²) in [5.41, 5.74) is 2.20. The van der Waals surface area contributed by atoms with Crippen LogP contribution < -0.4 is 4.74 Å². The highest BCUT2D eigenvalue weighted by molar-refractivity contribution is 5.56. The van der Waals surface area contributed by atoms with Gasteiger partial charge in [-0.2, -0.15) is 10.2 Å². The molecule has 1 N–H and O–H groups in total. The average molecular weight is 258 g/mol. The smallest absolute Gasteiger partial charge is 0.162 e. The molecule has 0 bridgehead atoms. The van der Waals surface area contributed by atoms with Gasteiger partial charge in [-0.3, -0.25) is 4.68 Å². The van der Waals surface area contributed by atoms with Gasteiger partial charge in [0.15, 0.2) is 5.75 Å². The number of ether oxygens (including phenoxy) is 1. The fraction of sp³-hybridized carbons (Fsp3) is 0.231. The molecule has 1 atom stereocenters. The average Bonchev–Trinajstić information content (AvgIpc) is 3.01. The number of rotatable bonds is 3. The number of aliphatic hydroxyl groups excluding tert-OH is 1. The molecule has 3 aromatic rings. The van der Waals surface area contributed by atoms with Crippen LogP contribution in [0.25, 0.3) is 5.52 Å². The fourth-order valence-corrected chi connectivity index (χ4v) is 2.21. The zero-order valence-electron chi connectivity index (χ0n) is 10.7. The first-order chi connectivity index (χ1) is 9.22. The van der Waals surface area contributed by atoms with E-state index in [1.54, 1.807) is 35.7 Å². The van der Waals surface area contributed by atoms with Gasteiger partial charge in [0.25, 0.3) is 0 Å². The highest BCUT2D eigenvalue weighted by atomic mass is 16.5. The second kappa shape index (κ2) is 4.40. The van der Waals surface area contributed by atoms with Crippen molar-refractivity contribution in [2.75, 3.05) is 7.11 Å². The van der Waals surface area contributed by atoms with E-state index in [1.807, 2.05) is 24.4 Å². The second-order valence-corrected chi connectivity index (χ2v) is 4.25. The molecule has 1 unspecified atom stereocenters. The maximum absolute atomic E-state index is 10.6. The number of aliphatic hydroxyl groups is 1. The molecule has 0 spiro atoms. The Kier molecular flexibility index (Phi) is 2.72. The Bertz CT molecular complexity index is 716. The van der Waals surface area contributed by atoms with Crippen LogP contribution >= 0.6 is 0 Å². The Morgan fingerprint density at radius 2 is 2.11 bits per heavy atom. The van der Waals surface area contributed by atoms with Gasteiger partial charge in [-0.25, -0.2) is 4.52 Å². The summed E-state index contributed by atoms with van der Waals surface area (Å²) in [6.45, 7) is 0. The minimum Gasteiger partial charge on any atom is -0.493 e. The normalized spacial score (nSPS) is 12.8. The van der Waals surface area contributed by atoms with E-state index in [1.165, 1.54) is 0 Å². The molecular weight excluding hydrogens is 244 g/mol. The number of pyridine rings is 1. The monoisotopic (exact) mass is 258 g/mol. The van der Waals surface area contributed by atoms with Crippen LogP contribution in [-0.4, -0.2) is 31.6 Å². The topological polar surface area (TPSA) is 64.6 Å². The molecule has 98 valence electrons. The van der Waals surface area contributed by atoms with Crippen molar-refractivity contribution in [2.45, 2.75) is 6.10 Å². The molecular formula is C13H14N4O2. The molecule has 0 fully saturated rings.